The van der Waals surface area contributed by atoms with Crippen LogP contribution in [-0.4, -0.2) is 4.98 Å². The Hall–Kier alpha value is -2.93. The van der Waals surface area contributed by atoms with E-state index in [-0.39, 0.29) is 0 Å². The van der Waals surface area contributed by atoms with Gasteiger partial charge in [-0.3, -0.25) is 4.98 Å². The van der Waals surface area contributed by atoms with Gasteiger partial charge in [-0.1, -0.05) is 66.7 Å². The second-order valence-electron chi connectivity index (χ2n) is 5.83. The Balaban J connectivity index is 1.94. The molecule has 0 radical (unpaired) electrons. The van der Waals surface area contributed by atoms with E-state index in [0.29, 0.717) is 0 Å². The molecule has 0 bridgehead atoms. The minimum absolute atomic E-state index is 1.06. The molecule has 0 spiro atoms. The van der Waals surface area contributed by atoms with E-state index in [4.69, 9.17) is 0 Å². The standard InChI is InChI=1S/C22H17N/c1-16-13-19(17-7-3-2-4-8-17)15-20(14-16)21-11-5-9-18-10-6-12-23-22(18)21/h2-15H,1H3. The van der Waals surface area contributed by atoms with Gasteiger partial charge < -0.3 is 0 Å². The van der Waals surface area contributed by atoms with Crippen molar-refractivity contribution in [1.29, 1.82) is 0 Å². The van der Waals surface area contributed by atoms with E-state index in [1.807, 2.05) is 12.3 Å². The molecule has 1 heteroatoms. The molecular weight excluding hydrogens is 278 g/mol. The molecule has 0 unspecified atom stereocenters. The van der Waals surface area contributed by atoms with Crippen LogP contribution >= 0.6 is 0 Å². The topological polar surface area (TPSA) is 12.9 Å². The van der Waals surface area contributed by atoms with E-state index in [0.717, 1.165) is 5.52 Å². The smallest absolute Gasteiger partial charge is 0.0780 e. The van der Waals surface area contributed by atoms with E-state index in [1.54, 1.807) is 0 Å². The summed E-state index contributed by atoms with van der Waals surface area (Å²) in [6.07, 6.45) is 1.86. The molecule has 4 rings (SSSR count). The molecule has 1 heterocycles. The summed E-state index contributed by atoms with van der Waals surface area (Å²) in [6.45, 7) is 2.15. The zero-order valence-corrected chi connectivity index (χ0v) is 13.0. The lowest BCUT2D eigenvalue weighted by Gasteiger charge is -2.10. The van der Waals surface area contributed by atoms with Gasteiger partial charge in [0.1, 0.15) is 0 Å². The van der Waals surface area contributed by atoms with Crippen LogP contribution in [0.4, 0.5) is 0 Å². The van der Waals surface area contributed by atoms with Gasteiger partial charge in [0.2, 0.25) is 0 Å². The van der Waals surface area contributed by atoms with Crippen molar-refractivity contribution in [2.75, 3.05) is 0 Å². The Bertz CT molecular complexity index is 966. The third-order valence-corrected chi connectivity index (χ3v) is 4.13. The predicted molar refractivity (Wildman–Crippen MR) is 97.4 cm³/mol. The fourth-order valence-electron chi connectivity index (χ4n) is 3.07. The van der Waals surface area contributed by atoms with E-state index < -0.39 is 0 Å². The van der Waals surface area contributed by atoms with Gasteiger partial charge >= 0.3 is 0 Å². The maximum atomic E-state index is 4.59. The Morgan fingerprint density at radius 2 is 1.43 bits per heavy atom. The number of aromatic nitrogens is 1. The van der Waals surface area contributed by atoms with Gasteiger partial charge in [-0.25, -0.2) is 0 Å². The second kappa shape index (κ2) is 5.69. The molecule has 23 heavy (non-hydrogen) atoms. The Morgan fingerprint density at radius 3 is 2.30 bits per heavy atom. The summed E-state index contributed by atoms with van der Waals surface area (Å²) in [5.74, 6) is 0. The molecule has 0 saturated carbocycles. The Labute approximate surface area is 136 Å². The largest absolute Gasteiger partial charge is 0.256 e. The summed E-state index contributed by atoms with van der Waals surface area (Å²) in [6, 6.07) is 27.7. The lowest BCUT2D eigenvalue weighted by molar-refractivity contribution is 1.40. The van der Waals surface area contributed by atoms with Gasteiger partial charge in [0, 0.05) is 17.1 Å². The average Bonchev–Trinajstić information content (AvgIpc) is 2.61. The van der Waals surface area contributed by atoms with Crippen molar-refractivity contribution in [1.82, 2.24) is 4.98 Å². The fourth-order valence-corrected chi connectivity index (χ4v) is 3.07. The maximum Gasteiger partial charge on any atom is 0.0780 e. The summed E-state index contributed by atoms with van der Waals surface area (Å²) in [4.78, 5) is 4.59. The van der Waals surface area contributed by atoms with Crippen molar-refractivity contribution < 1.29 is 0 Å². The SMILES string of the molecule is Cc1cc(-c2ccccc2)cc(-c2cccc3cccnc23)c1. The molecule has 0 atom stereocenters. The molecule has 0 aliphatic heterocycles. The van der Waals surface area contributed by atoms with Crippen molar-refractivity contribution in [2.45, 2.75) is 6.92 Å². The zero-order chi connectivity index (χ0) is 15.6. The van der Waals surface area contributed by atoms with Crippen LogP contribution in [0.25, 0.3) is 33.2 Å². The molecule has 1 aromatic heterocycles. The molecule has 110 valence electrons. The molecule has 0 aliphatic carbocycles. The molecule has 4 aromatic rings. The van der Waals surface area contributed by atoms with E-state index in [2.05, 4.69) is 84.7 Å². The predicted octanol–water partition coefficient (Wildman–Crippen LogP) is 5.88. The van der Waals surface area contributed by atoms with Crippen LogP contribution in [0.1, 0.15) is 5.56 Å². The molecular formula is C22H17N. The first kappa shape index (κ1) is 13.7. The third-order valence-electron chi connectivity index (χ3n) is 4.13. The number of hydrogen-bond acceptors (Lipinski definition) is 1. The minimum atomic E-state index is 1.06. The minimum Gasteiger partial charge on any atom is -0.256 e. The third kappa shape index (κ3) is 2.62. The number of para-hydroxylation sites is 1. The van der Waals surface area contributed by atoms with Crippen LogP contribution in [0, 0.1) is 6.92 Å². The number of pyridine rings is 1. The van der Waals surface area contributed by atoms with Crippen molar-refractivity contribution in [2.24, 2.45) is 0 Å². The number of benzene rings is 3. The van der Waals surface area contributed by atoms with Crippen LogP contribution in [0.5, 0.6) is 0 Å². The van der Waals surface area contributed by atoms with Crippen LogP contribution in [-0.2, 0) is 0 Å². The summed E-state index contributed by atoms with van der Waals surface area (Å²) in [5.41, 5.74) is 7.20. The highest BCUT2D eigenvalue weighted by molar-refractivity contribution is 5.94. The fraction of sp³-hybridized carbons (Fsp3) is 0.0455. The van der Waals surface area contributed by atoms with Gasteiger partial charge in [0.05, 0.1) is 5.52 Å². The van der Waals surface area contributed by atoms with Crippen LogP contribution in [0.15, 0.2) is 85.1 Å². The lowest BCUT2D eigenvalue weighted by Crippen LogP contribution is -1.87. The Morgan fingerprint density at radius 1 is 0.652 bits per heavy atom. The van der Waals surface area contributed by atoms with Crippen molar-refractivity contribution in [3.05, 3.63) is 90.6 Å². The number of nitrogens with zero attached hydrogens (tertiary/aromatic N) is 1. The van der Waals surface area contributed by atoms with Crippen LogP contribution in [0.2, 0.25) is 0 Å². The molecule has 0 N–H and O–H groups in total. The van der Waals surface area contributed by atoms with Gasteiger partial charge in [0.25, 0.3) is 0 Å². The monoisotopic (exact) mass is 295 g/mol. The molecule has 0 fully saturated rings. The lowest BCUT2D eigenvalue weighted by atomic mass is 9.95. The molecule has 3 aromatic carbocycles. The highest BCUT2D eigenvalue weighted by Gasteiger charge is 2.07. The Kier molecular flexibility index (Phi) is 3.39. The first-order valence-electron chi connectivity index (χ1n) is 7.82. The van der Waals surface area contributed by atoms with E-state index in [9.17, 15) is 0 Å². The number of fused-ring (bicyclic) bond motifs is 1. The number of hydrogen-bond donors (Lipinski definition) is 0. The van der Waals surface area contributed by atoms with Crippen molar-refractivity contribution in [3.63, 3.8) is 0 Å². The van der Waals surface area contributed by atoms with Crippen LogP contribution in [0.3, 0.4) is 0 Å². The molecule has 0 saturated heterocycles. The van der Waals surface area contributed by atoms with Crippen molar-refractivity contribution in [3.8, 4) is 22.3 Å². The van der Waals surface area contributed by atoms with Gasteiger partial charge in [-0.15, -0.1) is 0 Å². The highest BCUT2D eigenvalue weighted by Crippen LogP contribution is 2.31. The number of rotatable bonds is 2. The molecule has 0 aliphatic rings. The van der Waals surface area contributed by atoms with Crippen molar-refractivity contribution >= 4 is 10.9 Å². The second-order valence-corrected chi connectivity index (χ2v) is 5.83. The van der Waals surface area contributed by atoms with E-state index in [1.165, 1.54) is 33.2 Å². The van der Waals surface area contributed by atoms with Gasteiger partial charge in [-0.2, -0.15) is 0 Å². The summed E-state index contributed by atoms with van der Waals surface area (Å²) >= 11 is 0. The van der Waals surface area contributed by atoms with Crippen LogP contribution < -0.4 is 0 Å². The number of aryl methyl sites for hydroxylation is 1. The maximum absolute atomic E-state index is 4.59. The summed E-state index contributed by atoms with van der Waals surface area (Å²) < 4.78 is 0. The summed E-state index contributed by atoms with van der Waals surface area (Å²) in [5, 5.41) is 1.17. The normalized spacial score (nSPS) is 10.8. The zero-order valence-electron chi connectivity index (χ0n) is 13.0. The summed E-state index contributed by atoms with van der Waals surface area (Å²) in [7, 11) is 0. The molecule has 0 amide bonds. The van der Waals surface area contributed by atoms with Gasteiger partial charge in [0.15, 0.2) is 0 Å². The average molecular weight is 295 g/mol. The quantitative estimate of drug-likeness (QED) is 0.450. The van der Waals surface area contributed by atoms with E-state index >= 15 is 0 Å². The first-order chi connectivity index (χ1) is 11.3. The first-order valence-corrected chi connectivity index (χ1v) is 7.82. The highest BCUT2D eigenvalue weighted by atomic mass is 14.6. The van der Waals surface area contributed by atoms with Gasteiger partial charge in [-0.05, 0) is 41.3 Å². The molecule has 1 nitrogen and oxygen atoms in total.